The molecule has 0 fully saturated rings. The number of nitro groups is 1. The summed E-state index contributed by atoms with van der Waals surface area (Å²) in [6.07, 6.45) is 6.17. The quantitative estimate of drug-likeness (QED) is 0.479. The van der Waals surface area contributed by atoms with Crippen molar-refractivity contribution in [1.29, 1.82) is 0 Å². The van der Waals surface area contributed by atoms with Crippen LogP contribution >= 0.6 is 0 Å². The van der Waals surface area contributed by atoms with Gasteiger partial charge >= 0.3 is 0 Å². The zero-order chi connectivity index (χ0) is 18.3. The van der Waals surface area contributed by atoms with Gasteiger partial charge < -0.3 is 10.1 Å². The maximum Gasteiger partial charge on any atom is 0.275 e. The predicted molar refractivity (Wildman–Crippen MR) is 102 cm³/mol. The largest absolute Gasteiger partial charge is 0.495 e. The molecule has 26 heavy (non-hydrogen) atoms. The Morgan fingerprint density at radius 1 is 1.23 bits per heavy atom. The second kappa shape index (κ2) is 6.48. The van der Waals surface area contributed by atoms with Gasteiger partial charge in [-0.3, -0.25) is 10.1 Å². The molecule has 1 N–H and O–H groups in total. The van der Waals surface area contributed by atoms with Crippen molar-refractivity contribution in [2.45, 2.75) is 31.7 Å². The van der Waals surface area contributed by atoms with Crippen LogP contribution in [0.4, 0.5) is 11.4 Å². The number of allylic oxidation sites excluding steroid dienone is 2. The Labute approximate surface area is 152 Å². The Morgan fingerprint density at radius 3 is 2.65 bits per heavy atom. The molecule has 2 aromatic carbocycles. The summed E-state index contributed by atoms with van der Waals surface area (Å²) in [6, 6.07) is 12.0. The molecule has 2 aromatic rings. The molecule has 0 amide bonds. The molecule has 1 heterocycles. The van der Waals surface area contributed by atoms with E-state index in [1.54, 1.807) is 19.2 Å². The van der Waals surface area contributed by atoms with E-state index in [1.165, 1.54) is 11.1 Å². The topological polar surface area (TPSA) is 64.4 Å². The van der Waals surface area contributed by atoms with E-state index in [1.807, 2.05) is 0 Å². The summed E-state index contributed by atoms with van der Waals surface area (Å²) in [5.41, 5.74) is 4.17. The summed E-state index contributed by atoms with van der Waals surface area (Å²) in [5, 5.41) is 15.2. The first kappa shape index (κ1) is 16.6. The zero-order valence-corrected chi connectivity index (χ0v) is 14.9. The lowest BCUT2D eigenvalue weighted by atomic mass is 9.76. The van der Waals surface area contributed by atoms with Crippen LogP contribution in [0.1, 0.15) is 42.0 Å². The first-order valence-corrected chi connectivity index (χ1v) is 9.01. The van der Waals surface area contributed by atoms with Crippen LogP contribution in [0.15, 0.2) is 48.6 Å². The zero-order valence-electron chi connectivity index (χ0n) is 14.9. The van der Waals surface area contributed by atoms with Crippen LogP contribution in [0.2, 0.25) is 0 Å². The molecule has 0 bridgehead atoms. The van der Waals surface area contributed by atoms with E-state index < -0.39 is 0 Å². The maximum absolute atomic E-state index is 11.6. The minimum absolute atomic E-state index is 0.0256. The highest BCUT2D eigenvalue weighted by atomic mass is 16.6. The lowest BCUT2D eigenvalue weighted by Gasteiger charge is -2.37. The third-order valence-corrected chi connectivity index (χ3v) is 5.62. The molecule has 3 atom stereocenters. The summed E-state index contributed by atoms with van der Waals surface area (Å²) < 4.78 is 5.51. The molecule has 5 heteroatoms. The van der Waals surface area contributed by atoms with Gasteiger partial charge in [-0.2, -0.15) is 0 Å². The van der Waals surface area contributed by atoms with Gasteiger partial charge in [0.1, 0.15) is 5.75 Å². The minimum Gasteiger partial charge on any atom is -0.495 e. The van der Waals surface area contributed by atoms with Crippen molar-refractivity contribution < 1.29 is 9.66 Å². The standard InChI is InChI=1S/C21H22N2O3/c1-3-13-7-9-14(10-8-13)20-16-6-4-5-15(16)19-17(23(24)25)11-12-18(26-2)21(19)22-20/h4-5,7-12,15-16,20,22H,3,6H2,1-2H3/t15-,16-,20-/m1/s1. The number of rotatable bonds is 4. The highest BCUT2D eigenvalue weighted by Crippen LogP contribution is 2.54. The average Bonchev–Trinajstić information content (AvgIpc) is 3.16. The summed E-state index contributed by atoms with van der Waals surface area (Å²) in [6.45, 7) is 2.14. The van der Waals surface area contributed by atoms with E-state index in [-0.39, 0.29) is 28.5 Å². The van der Waals surface area contributed by atoms with Crippen LogP contribution in [0.3, 0.4) is 0 Å². The van der Waals surface area contributed by atoms with Crippen LogP contribution in [-0.2, 0) is 6.42 Å². The molecular weight excluding hydrogens is 328 g/mol. The predicted octanol–water partition coefficient (Wildman–Crippen LogP) is 4.99. The number of fused-ring (bicyclic) bond motifs is 3. The Bertz CT molecular complexity index is 874. The molecule has 2 aliphatic rings. The number of nitrogens with one attached hydrogen (secondary N) is 1. The molecule has 0 unspecified atom stereocenters. The van der Waals surface area contributed by atoms with Gasteiger partial charge in [-0.1, -0.05) is 43.3 Å². The molecule has 0 saturated carbocycles. The van der Waals surface area contributed by atoms with E-state index in [0.717, 1.165) is 24.1 Å². The molecule has 0 radical (unpaired) electrons. The number of benzene rings is 2. The molecule has 4 rings (SSSR count). The normalized spacial score (nSPS) is 23.1. The SMILES string of the molecule is CCc1ccc([C@H]2Nc3c(OC)ccc([N+](=O)[O-])c3[C@@H]3C=CC[C@@H]23)cc1. The Kier molecular flexibility index (Phi) is 4.15. The number of hydrogen-bond donors (Lipinski definition) is 1. The number of hydrogen-bond acceptors (Lipinski definition) is 4. The van der Waals surface area contributed by atoms with Gasteiger partial charge in [0.15, 0.2) is 0 Å². The summed E-state index contributed by atoms with van der Waals surface area (Å²) >= 11 is 0. The van der Waals surface area contributed by atoms with E-state index in [0.29, 0.717) is 5.75 Å². The van der Waals surface area contributed by atoms with Crippen LogP contribution in [-0.4, -0.2) is 12.0 Å². The van der Waals surface area contributed by atoms with Gasteiger partial charge in [-0.15, -0.1) is 0 Å². The first-order chi connectivity index (χ1) is 12.6. The number of ether oxygens (including phenoxy) is 1. The Morgan fingerprint density at radius 2 is 2.00 bits per heavy atom. The monoisotopic (exact) mass is 350 g/mol. The lowest BCUT2D eigenvalue weighted by Crippen LogP contribution is -2.30. The van der Waals surface area contributed by atoms with E-state index in [2.05, 4.69) is 48.7 Å². The van der Waals surface area contributed by atoms with Crippen molar-refractivity contribution in [3.05, 3.63) is 75.4 Å². The molecule has 1 aliphatic heterocycles. The van der Waals surface area contributed by atoms with Crippen molar-refractivity contribution in [2.24, 2.45) is 5.92 Å². The third kappa shape index (κ3) is 2.55. The highest BCUT2D eigenvalue weighted by molar-refractivity contribution is 5.73. The Balaban J connectivity index is 1.84. The van der Waals surface area contributed by atoms with E-state index in [4.69, 9.17) is 4.74 Å². The van der Waals surface area contributed by atoms with Gasteiger partial charge in [0.2, 0.25) is 0 Å². The number of nitro benzene ring substituents is 1. The second-order valence-corrected chi connectivity index (χ2v) is 6.90. The van der Waals surface area contributed by atoms with Crippen LogP contribution in [0.25, 0.3) is 0 Å². The van der Waals surface area contributed by atoms with Gasteiger partial charge in [-0.25, -0.2) is 0 Å². The molecule has 134 valence electrons. The smallest absolute Gasteiger partial charge is 0.275 e. The number of aryl methyl sites for hydroxylation is 1. The molecule has 0 aromatic heterocycles. The molecular formula is C21H22N2O3. The van der Waals surface area contributed by atoms with Crippen molar-refractivity contribution in [1.82, 2.24) is 0 Å². The minimum atomic E-state index is -0.292. The summed E-state index contributed by atoms with van der Waals surface area (Å²) in [4.78, 5) is 11.3. The fraction of sp³-hybridized carbons (Fsp3) is 0.333. The lowest BCUT2D eigenvalue weighted by molar-refractivity contribution is -0.385. The number of methoxy groups -OCH3 is 1. The van der Waals surface area contributed by atoms with Gasteiger partial charge in [-0.05, 0) is 36.0 Å². The van der Waals surface area contributed by atoms with Crippen molar-refractivity contribution in [3.63, 3.8) is 0 Å². The van der Waals surface area contributed by atoms with Crippen molar-refractivity contribution in [2.75, 3.05) is 12.4 Å². The van der Waals surface area contributed by atoms with Crippen LogP contribution < -0.4 is 10.1 Å². The summed E-state index contributed by atoms with van der Waals surface area (Å²) in [5.74, 6) is 0.943. The van der Waals surface area contributed by atoms with E-state index >= 15 is 0 Å². The molecule has 0 spiro atoms. The first-order valence-electron chi connectivity index (χ1n) is 9.01. The molecule has 5 nitrogen and oxygen atoms in total. The Hall–Kier alpha value is -2.82. The van der Waals surface area contributed by atoms with E-state index in [9.17, 15) is 10.1 Å². The fourth-order valence-corrected chi connectivity index (χ4v) is 4.28. The van der Waals surface area contributed by atoms with Crippen LogP contribution in [0, 0.1) is 16.0 Å². The van der Waals surface area contributed by atoms with Gasteiger partial charge in [0.05, 0.1) is 29.3 Å². The van der Waals surface area contributed by atoms with Gasteiger partial charge in [0.25, 0.3) is 5.69 Å². The molecule has 0 saturated heterocycles. The second-order valence-electron chi connectivity index (χ2n) is 6.90. The number of nitrogens with zero attached hydrogens (tertiary/aromatic N) is 1. The van der Waals surface area contributed by atoms with Crippen LogP contribution in [0.5, 0.6) is 5.75 Å². The maximum atomic E-state index is 11.6. The van der Waals surface area contributed by atoms with Gasteiger partial charge in [0, 0.05) is 12.0 Å². The fourth-order valence-electron chi connectivity index (χ4n) is 4.28. The summed E-state index contributed by atoms with van der Waals surface area (Å²) in [7, 11) is 1.60. The third-order valence-electron chi connectivity index (χ3n) is 5.62. The highest BCUT2D eigenvalue weighted by Gasteiger charge is 2.42. The average molecular weight is 350 g/mol. The van der Waals surface area contributed by atoms with Crippen molar-refractivity contribution >= 4 is 11.4 Å². The van der Waals surface area contributed by atoms with Crippen molar-refractivity contribution in [3.8, 4) is 5.75 Å². The molecule has 1 aliphatic carbocycles. The number of anilines is 1.